The maximum atomic E-state index is 13.3. The predicted octanol–water partition coefficient (Wildman–Crippen LogP) is 4.63. The second-order valence-corrected chi connectivity index (χ2v) is 7.19. The van der Waals surface area contributed by atoms with Crippen LogP contribution in [0.3, 0.4) is 0 Å². The molecule has 0 saturated heterocycles. The lowest BCUT2D eigenvalue weighted by molar-refractivity contribution is -0.137. The second kappa shape index (κ2) is 8.22. The number of rotatable bonds is 4. The van der Waals surface area contributed by atoms with Crippen molar-refractivity contribution in [2.75, 3.05) is 16.8 Å². The van der Waals surface area contributed by atoms with E-state index < -0.39 is 11.7 Å². The van der Waals surface area contributed by atoms with E-state index in [0.717, 1.165) is 29.3 Å². The van der Waals surface area contributed by atoms with Gasteiger partial charge in [-0.15, -0.1) is 0 Å². The standard InChI is InChI=1S/C22H19F3N6/c1-2-14-3-6-20(27-11-14)30-21-17-7-8-31(12-19(17)28-13-29-21)16-5-4-15(10-26)18(9-16)22(23,24)25/h3-6,9,11,13H,2,7-8,12H2,1H3,(H,27,28,29,30). The number of aromatic nitrogens is 3. The Labute approximate surface area is 177 Å². The molecule has 0 unspecified atom stereocenters. The van der Waals surface area contributed by atoms with Gasteiger partial charge in [0.05, 0.1) is 29.4 Å². The van der Waals surface area contributed by atoms with Crippen LogP contribution in [0.4, 0.5) is 30.5 Å². The van der Waals surface area contributed by atoms with E-state index in [1.165, 1.54) is 12.4 Å². The minimum atomic E-state index is -4.59. The highest BCUT2D eigenvalue weighted by Crippen LogP contribution is 2.36. The Kier molecular flexibility index (Phi) is 5.46. The summed E-state index contributed by atoms with van der Waals surface area (Å²) < 4.78 is 40.0. The lowest BCUT2D eigenvalue weighted by atomic mass is 10.0. The molecule has 0 fully saturated rings. The minimum absolute atomic E-state index is 0.345. The molecule has 0 aliphatic carbocycles. The first-order valence-electron chi connectivity index (χ1n) is 9.80. The highest BCUT2D eigenvalue weighted by atomic mass is 19.4. The van der Waals surface area contributed by atoms with Gasteiger partial charge in [0.2, 0.25) is 0 Å². The molecule has 0 radical (unpaired) electrons. The summed E-state index contributed by atoms with van der Waals surface area (Å²) in [6.45, 7) is 2.90. The van der Waals surface area contributed by atoms with Crippen LogP contribution >= 0.6 is 0 Å². The van der Waals surface area contributed by atoms with E-state index in [1.807, 2.05) is 17.0 Å². The first kappa shape index (κ1) is 20.6. The van der Waals surface area contributed by atoms with Gasteiger partial charge in [-0.25, -0.2) is 15.0 Å². The molecule has 3 heterocycles. The third kappa shape index (κ3) is 4.28. The van der Waals surface area contributed by atoms with Crippen molar-refractivity contribution in [1.29, 1.82) is 5.26 Å². The number of anilines is 3. The van der Waals surface area contributed by atoms with E-state index in [4.69, 9.17) is 5.26 Å². The summed E-state index contributed by atoms with van der Waals surface area (Å²) in [4.78, 5) is 14.9. The number of aryl methyl sites for hydroxylation is 1. The van der Waals surface area contributed by atoms with Crippen LogP contribution in [0.5, 0.6) is 0 Å². The van der Waals surface area contributed by atoms with Crippen molar-refractivity contribution in [2.45, 2.75) is 32.5 Å². The average molecular weight is 424 g/mol. The Hall–Kier alpha value is -3.67. The summed E-state index contributed by atoms with van der Waals surface area (Å²) >= 11 is 0. The summed E-state index contributed by atoms with van der Waals surface area (Å²) in [6.07, 6.45) is 0.116. The molecule has 1 aliphatic heterocycles. The third-order valence-corrected chi connectivity index (χ3v) is 5.28. The number of alkyl halides is 3. The van der Waals surface area contributed by atoms with Gasteiger partial charge in [0, 0.05) is 24.0 Å². The Morgan fingerprint density at radius 3 is 2.68 bits per heavy atom. The van der Waals surface area contributed by atoms with Crippen LogP contribution < -0.4 is 10.2 Å². The van der Waals surface area contributed by atoms with E-state index in [0.29, 0.717) is 36.8 Å². The van der Waals surface area contributed by atoms with Crippen LogP contribution in [0.2, 0.25) is 0 Å². The number of pyridine rings is 1. The molecule has 9 heteroatoms. The van der Waals surface area contributed by atoms with Gasteiger partial charge in [-0.05, 0) is 42.7 Å². The van der Waals surface area contributed by atoms with Crippen LogP contribution in [-0.4, -0.2) is 21.5 Å². The van der Waals surface area contributed by atoms with Crippen molar-refractivity contribution in [1.82, 2.24) is 15.0 Å². The van der Waals surface area contributed by atoms with Crippen molar-refractivity contribution in [3.8, 4) is 6.07 Å². The fourth-order valence-electron chi connectivity index (χ4n) is 3.57. The van der Waals surface area contributed by atoms with Gasteiger partial charge in [-0.1, -0.05) is 13.0 Å². The summed E-state index contributed by atoms with van der Waals surface area (Å²) in [6, 6.07) is 9.28. The predicted molar refractivity (Wildman–Crippen MR) is 110 cm³/mol. The monoisotopic (exact) mass is 424 g/mol. The van der Waals surface area contributed by atoms with Gasteiger partial charge in [0.1, 0.15) is 18.0 Å². The molecule has 0 spiro atoms. The molecule has 2 aromatic heterocycles. The lowest BCUT2D eigenvalue weighted by Crippen LogP contribution is -2.32. The second-order valence-electron chi connectivity index (χ2n) is 7.19. The number of benzene rings is 1. The van der Waals surface area contributed by atoms with Crippen molar-refractivity contribution in [2.24, 2.45) is 0 Å². The maximum Gasteiger partial charge on any atom is 0.417 e. The highest BCUT2D eigenvalue weighted by molar-refractivity contribution is 5.60. The first-order chi connectivity index (χ1) is 14.9. The molecule has 0 saturated carbocycles. The Balaban J connectivity index is 1.58. The summed E-state index contributed by atoms with van der Waals surface area (Å²) in [5.41, 5.74) is 1.89. The molecule has 1 N–H and O–H groups in total. The highest BCUT2D eigenvalue weighted by Gasteiger charge is 2.34. The van der Waals surface area contributed by atoms with Gasteiger partial charge < -0.3 is 10.2 Å². The number of nitriles is 1. The van der Waals surface area contributed by atoms with Gasteiger partial charge in [0.25, 0.3) is 0 Å². The smallest absolute Gasteiger partial charge is 0.365 e. The summed E-state index contributed by atoms with van der Waals surface area (Å²) in [5, 5.41) is 12.2. The third-order valence-electron chi connectivity index (χ3n) is 5.28. The van der Waals surface area contributed by atoms with Crippen molar-refractivity contribution < 1.29 is 13.2 Å². The minimum Gasteiger partial charge on any atom is -0.365 e. The van der Waals surface area contributed by atoms with Crippen LogP contribution in [0.25, 0.3) is 0 Å². The zero-order valence-corrected chi connectivity index (χ0v) is 16.7. The number of nitrogens with one attached hydrogen (secondary N) is 1. The summed E-state index contributed by atoms with van der Waals surface area (Å²) in [7, 11) is 0. The molecular formula is C22H19F3N6. The normalized spacial score (nSPS) is 13.5. The molecule has 1 aliphatic rings. The quantitative estimate of drug-likeness (QED) is 0.658. The largest absolute Gasteiger partial charge is 0.417 e. The van der Waals surface area contributed by atoms with Crippen LogP contribution in [0, 0.1) is 11.3 Å². The van der Waals surface area contributed by atoms with E-state index in [-0.39, 0.29) is 5.56 Å². The number of nitrogens with zero attached hydrogens (tertiary/aromatic N) is 5. The van der Waals surface area contributed by atoms with Gasteiger partial charge in [-0.3, -0.25) is 0 Å². The van der Waals surface area contributed by atoms with Gasteiger partial charge in [0.15, 0.2) is 0 Å². The van der Waals surface area contributed by atoms with Gasteiger partial charge in [-0.2, -0.15) is 18.4 Å². The van der Waals surface area contributed by atoms with Crippen LogP contribution in [-0.2, 0) is 25.6 Å². The molecule has 3 aromatic rings. The number of hydrogen-bond acceptors (Lipinski definition) is 6. The molecular weight excluding hydrogens is 405 g/mol. The SMILES string of the molecule is CCc1ccc(Nc2ncnc3c2CCN(c2ccc(C#N)c(C(F)(F)F)c2)C3)nc1. The van der Waals surface area contributed by atoms with Gasteiger partial charge >= 0.3 is 6.18 Å². The fraction of sp³-hybridized carbons (Fsp3) is 0.273. The van der Waals surface area contributed by atoms with E-state index >= 15 is 0 Å². The Morgan fingerprint density at radius 1 is 1.16 bits per heavy atom. The maximum absolute atomic E-state index is 13.3. The Morgan fingerprint density at radius 2 is 2.00 bits per heavy atom. The molecule has 4 rings (SSSR count). The molecule has 158 valence electrons. The molecule has 31 heavy (non-hydrogen) atoms. The Bertz CT molecular complexity index is 1140. The molecule has 0 bridgehead atoms. The van der Waals surface area contributed by atoms with Crippen molar-refractivity contribution >= 4 is 17.3 Å². The molecule has 0 amide bonds. The number of halogens is 3. The average Bonchev–Trinajstić information content (AvgIpc) is 2.78. The molecule has 6 nitrogen and oxygen atoms in total. The van der Waals surface area contributed by atoms with E-state index in [2.05, 4.69) is 27.2 Å². The first-order valence-corrected chi connectivity index (χ1v) is 9.80. The fourth-order valence-corrected chi connectivity index (χ4v) is 3.57. The topological polar surface area (TPSA) is 77.7 Å². The van der Waals surface area contributed by atoms with Crippen LogP contribution in [0.1, 0.15) is 34.9 Å². The van der Waals surface area contributed by atoms with Crippen molar-refractivity contribution in [3.63, 3.8) is 0 Å². The number of fused-ring (bicyclic) bond motifs is 1. The zero-order valence-electron chi connectivity index (χ0n) is 16.7. The van der Waals surface area contributed by atoms with Crippen LogP contribution in [0.15, 0.2) is 42.9 Å². The molecule has 1 aromatic carbocycles. The van der Waals surface area contributed by atoms with Crippen molar-refractivity contribution in [3.05, 3.63) is 70.8 Å². The lowest BCUT2D eigenvalue weighted by Gasteiger charge is -2.31. The van der Waals surface area contributed by atoms with E-state index in [9.17, 15) is 13.2 Å². The van der Waals surface area contributed by atoms with E-state index in [1.54, 1.807) is 18.3 Å². The summed E-state index contributed by atoms with van der Waals surface area (Å²) in [5.74, 6) is 1.32. The zero-order chi connectivity index (χ0) is 22.0. The molecule has 0 atom stereocenters. The number of hydrogen-bond donors (Lipinski definition) is 1.